The minimum atomic E-state index is -0.534. The van der Waals surface area contributed by atoms with Crippen molar-refractivity contribution in [3.8, 4) is 0 Å². The minimum Gasteiger partial charge on any atom is -0.350 e. The highest BCUT2D eigenvalue weighted by Gasteiger charge is 2.30. The van der Waals surface area contributed by atoms with Gasteiger partial charge in [-0.2, -0.15) is 0 Å². The normalized spacial score (nSPS) is 19.6. The van der Waals surface area contributed by atoms with Gasteiger partial charge >= 0.3 is 12.1 Å². The Morgan fingerprint density at radius 1 is 1.33 bits per heavy atom. The van der Waals surface area contributed by atoms with Gasteiger partial charge in [0.1, 0.15) is 6.04 Å². The zero-order valence-electron chi connectivity index (χ0n) is 13.5. The lowest BCUT2D eigenvalue weighted by Crippen LogP contribution is -2.42. The lowest BCUT2D eigenvalue weighted by Gasteiger charge is -2.12. The zero-order chi connectivity index (χ0) is 17.1. The number of nitrogens with one attached hydrogen (secondary N) is 4. The van der Waals surface area contributed by atoms with Crippen molar-refractivity contribution in [1.82, 2.24) is 20.9 Å². The van der Waals surface area contributed by atoms with E-state index >= 15 is 0 Å². The van der Waals surface area contributed by atoms with Crippen LogP contribution in [0.2, 0.25) is 0 Å². The number of anilines is 1. The number of urea groups is 2. The van der Waals surface area contributed by atoms with E-state index in [9.17, 15) is 14.4 Å². The zero-order valence-corrected chi connectivity index (χ0v) is 13.5. The van der Waals surface area contributed by atoms with Crippen molar-refractivity contribution in [2.45, 2.75) is 31.5 Å². The predicted molar refractivity (Wildman–Crippen MR) is 88.4 cm³/mol. The summed E-state index contributed by atoms with van der Waals surface area (Å²) in [6, 6.07) is 6.60. The summed E-state index contributed by atoms with van der Waals surface area (Å²) in [7, 11) is 1.64. The molecule has 1 atom stereocenters. The Morgan fingerprint density at radius 3 is 2.79 bits per heavy atom. The van der Waals surface area contributed by atoms with E-state index in [0.29, 0.717) is 24.8 Å². The van der Waals surface area contributed by atoms with E-state index in [-0.39, 0.29) is 18.0 Å². The van der Waals surface area contributed by atoms with Crippen molar-refractivity contribution in [3.05, 3.63) is 29.8 Å². The second kappa shape index (κ2) is 6.77. The molecule has 8 heteroatoms. The van der Waals surface area contributed by atoms with Crippen molar-refractivity contribution >= 4 is 23.7 Å². The Balaban J connectivity index is 1.50. The third-order valence-electron chi connectivity index (χ3n) is 3.98. The van der Waals surface area contributed by atoms with Crippen LogP contribution in [0, 0.1) is 0 Å². The average molecular weight is 331 g/mol. The number of benzene rings is 1. The molecule has 0 bridgehead atoms. The Labute approximate surface area is 140 Å². The third kappa shape index (κ3) is 4.15. The highest BCUT2D eigenvalue weighted by Crippen LogP contribution is 2.19. The van der Waals surface area contributed by atoms with E-state index in [1.54, 1.807) is 13.1 Å². The Hall–Kier alpha value is -2.77. The third-order valence-corrected chi connectivity index (χ3v) is 3.98. The molecule has 1 heterocycles. The van der Waals surface area contributed by atoms with Crippen molar-refractivity contribution in [2.75, 3.05) is 18.9 Å². The first-order chi connectivity index (χ1) is 11.5. The Morgan fingerprint density at radius 2 is 2.12 bits per heavy atom. The molecule has 0 spiro atoms. The van der Waals surface area contributed by atoms with Gasteiger partial charge in [-0.25, -0.2) is 9.59 Å². The number of carbonyl (C=O) groups excluding carboxylic acids is 3. The summed E-state index contributed by atoms with van der Waals surface area (Å²) in [5.74, 6) is -0.225. The maximum Gasteiger partial charge on any atom is 0.319 e. The first kappa shape index (κ1) is 16.1. The molecule has 2 fully saturated rings. The van der Waals surface area contributed by atoms with E-state index in [1.807, 2.05) is 18.2 Å². The molecule has 1 unspecified atom stereocenters. The van der Waals surface area contributed by atoms with Gasteiger partial charge in [-0.15, -0.1) is 0 Å². The molecule has 1 saturated heterocycles. The van der Waals surface area contributed by atoms with Gasteiger partial charge in [-0.3, -0.25) is 4.79 Å². The fourth-order valence-electron chi connectivity index (χ4n) is 2.46. The quantitative estimate of drug-likeness (QED) is 0.636. The van der Waals surface area contributed by atoms with Crippen LogP contribution in [0.15, 0.2) is 24.3 Å². The number of rotatable bonds is 5. The molecular weight excluding hydrogens is 310 g/mol. The molecule has 1 aromatic rings. The number of amides is 5. The van der Waals surface area contributed by atoms with Gasteiger partial charge in [-0.05, 0) is 30.5 Å². The lowest BCUT2D eigenvalue weighted by molar-refractivity contribution is -0.122. The number of nitrogens with zero attached hydrogens (tertiary/aromatic N) is 1. The molecule has 0 radical (unpaired) electrons. The minimum absolute atomic E-state index is 0.213. The summed E-state index contributed by atoms with van der Waals surface area (Å²) < 4.78 is 0. The van der Waals surface area contributed by atoms with Crippen LogP contribution in [0.4, 0.5) is 15.3 Å². The van der Waals surface area contributed by atoms with E-state index in [2.05, 4.69) is 21.3 Å². The van der Waals surface area contributed by atoms with Gasteiger partial charge in [0, 0.05) is 25.3 Å². The molecule has 1 aromatic carbocycles. The maximum atomic E-state index is 12.1. The largest absolute Gasteiger partial charge is 0.350 e. The van der Waals surface area contributed by atoms with E-state index in [1.165, 1.54) is 4.90 Å². The van der Waals surface area contributed by atoms with Gasteiger partial charge in [0.05, 0.1) is 6.54 Å². The van der Waals surface area contributed by atoms with Crippen LogP contribution in [0.25, 0.3) is 0 Å². The fraction of sp³-hybridized carbons (Fsp3) is 0.438. The molecule has 0 aromatic heterocycles. The molecule has 1 aliphatic carbocycles. The topological polar surface area (TPSA) is 103 Å². The summed E-state index contributed by atoms with van der Waals surface area (Å²) in [5, 5.41) is 11.0. The van der Waals surface area contributed by atoms with E-state index in [4.69, 9.17) is 0 Å². The second-order valence-corrected chi connectivity index (χ2v) is 6.17. The molecule has 1 saturated carbocycles. The average Bonchev–Trinajstić information content (AvgIpc) is 3.29. The van der Waals surface area contributed by atoms with Crippen LogP contribution in [0.1, 0.15) is 18.4 Å². The fourth-order valence-corrected chi connectivity index (χ4v) is 2.46. The van der Waals surface area contributed by atoms with Crippen LogP contribution in [-0.4, -0.2) is 48.5 Å². The molecule has 8 nitrogen and oxygen atoms in total. The van der Waals surface area contributed by atoms with Crippen molar-refractivity contribution in [3.63, 3.8) is 0 Å². The van der Waals surface area contributed by atoms with Crippen LogP contribution >= 0.6 is 0 Å². The molecule has 24 heavy (non-hydrogen) atoms. The molecule has 3 rings (SSSR count). The molecule has 1 aliphatic heterocycles. The van der Waals surface area contributed by atoms with Crippen LogP contribution in [0.3, 0.4) is 0 Å². The number of carbonyl (C=O) groups is 3. The summed E-state index contributed by atoms with van der Waals surface area (Å²) in [4.78, 5) is 36.7. The monoisotopic (exact) mass is 331 g/mol. The molecule has 2 aliphatic rings. The van der Waals surface area contributed by atoms with Gasteiger partial charge < -0.3 is 26.2 Å². The smallest absolute Gasteiger partial charge is 0.319 e. The SMILES string of the molecule is CN1CC(C(=O)NCc2cccc(NC(=O)NC3CC3)c2)NC1=O. The van der Waals surface area contributed by atoms with Gasteiger partial charge in [0.25, 0.3) is 0 Å². The van der Waals surface area contributed by atoms with Crippen LogP contribution in [0.5, 0.6) is 0 Å². The molecule has 4 N–H and O–H groups in total. The first-order valence-electron chi connectivity index (χ1n) is 7.97. The Kier molecular flexibility index (Phi) is 4.54. The second-order valence-electron chi connectivity index (χ2n) is 6.17. The molecule has 128 valence electrons. The molecular formula is C16H21N5O3. The molecule has 5 amide bonds. The van der Waals surface area contributed by atoms with Gasteiger partial charge in [0.15, 0.2) is 0 Å². The van der Waals surface area contributed by atoms with Crippen molar-refractivity contribution in [2.24, 2.45) is 0 Å². The number of likely N-dealkylation sites (N-methyl/N-ethyl adjacent to an activating group) is 1. The summed E-state index contributed by atoms with van der Waals surface area (Å²) in [6.45, 7) is 0.683. The number of hydrogen-bond donors (Lipinski definition) is 4. The highest BCUT2D eigenvalue weighted by atomic mass is 16.2. The van der Waals surface area contributed by atoms with Crippen LogP contribution < -0.4 is 21.3 Å². The maximum absolute atomic E-state index is 12.1. The van der Waals surface area contributed by atoms with E-state index in [0.717, 1.165) is 18.4 Å². The number of hydrogen-bond acceptors (Lipinski definition) is 3. The van der Waals surface area contributed by atoms with E-state index < -0.39 is 6.04 Å². The van der Waals surface area contributed by atoms with Gasteiger partial charge in [-0.1, -0.05) is 12.1 Å². The summed E-state index contributed by atoms with van der Waals surface area (Å²) in [6.07, 6.45) is 2.07. The summed E-state index contributed by atoms with van der Waals surface area (Å²) in [5.41, 5.74) is 1.54. The predicted octanol–water partition coefficient (Wildman–Crippen LogP) is 0.610. The standard InChI is InChI=1S/C16H21N5O3/c1-21-9-13(20-16(21)24)14(22)17-8-10-3-2-4-12(7-10)19-15(23)18-11-5-6-11/h2-4,7,11,13H,5-6,8-9H2,1H3,(H,17,22)(H,20,24)(H2,18,19,23). The Bertz CT molecular complexity index is 659. The lowest BCUT2D eigenvalue weighted by atomic mass is 10.2. The van der Waals surface area contributed by atoms with Crippen molar-refractivity contribution < 1.29 is 14.4 Å². The first-order valence-corrected chi connectivity index (χ1v) is 7.97. The highest BCUT2D eigenvalue weighted by molar-refractivity contribution is 5.90. The van der Waals surface area contributed by atoms with Crippen molar-refractivity contribution in [1.29, 1.82) is 0 Å². The van der Waals surface area contributed by atoms with Gasteiger partial charge in [0.2, 0.25) is 5.91 Å². The summed E-state index contributed by atoms with van der Waals surface area (Å²) >= 11 is 0. The van der Waals surface area contributed by atoms with Crippen LogP contribution in [-0.2, 0) is 11.3 Å².